The third-order valence-electron chi connectivity index (χ3n) is 3.08. The highest BCUT2D eigenvalue weighted by atomic mass is 16.3. The fourth-order valence-electron chi connectivity index (χ4n) is 2.12. The SMILES string of the molecule is CNC(Cc1cccc(O)c1)c1ncccc1C. The third-order valence-corrected chi connectivity index (χ3v) is 3.08. The van der Waals surface area contributed by atoms with E-state index in [1.54, 1.807) is 12.1 Å². The van der Waals surface area contributed by atoms with E-state index in [9.17, 15) is 5.11 Å². The number of aromatic hydroxyl groups is 1. The van der Waals surface area contributed by atoms with Gasteiger partial charge in [0, 0.05) is 6.20 Å². The standard InChI is InChI=1S/C15H18N2O/c1-11-5-4-8-17-15(11)14(16-2)10-12-6-3-7-13(18)9-12/h3-9,14,16,18H,10H2,1-2H3. The maximum Gasteiger partial charge on any atom is 0.115 e. The van der Waals surface area contributed by atoms with Crippen LogP contribution in [0.5, 0.6) is 5.75 Å². The van der Waals surface area contributed by atoms with Crippen LogP contribution in [0.2, 0.25) is 0 Å². The van der Waals surface area contributed by atoms with Crippen LogP contribution in [0.25, 0.3) is 0 Å². The summed E-state index contributed by atoms with van der Waals surface area (Å²) in [5.74, 6) is 0.306. The van der Waals surface area contributed by atoms with E-state index in [1.165, 1.54) is 5.56 Å². The lowest BCUT2D eigenvalue weighted by Gasteiger charge is -2.17. The first-order valence-electron chi connectivity index (χ1n) is 6.07. The summed E-state index contributed by atoms with van der Waals surface area (Å²) in [4.78, 5) is 4.44. The van der Waals surface area contributed by atoms with Gasteiger partial charge in [-0.25, -0.2) is 0 Å². The van der Waals surface area contributed by atoms with Crippen molar-refractivity contribution in [2.75, 3.05) is 7.05 Å². The summed E-state index contributed by atoms with van der Waals surface area (Å²) in [7, 11) is 1.93. The van der Waals surface area contributed by atoms with E-state index in [0.717, 1.165) is 17.7 Å². The Bertz CT molecular complexity index is 525. The minimum absolute atomic E-state index is 0.160. The number of hydrogen-bond acceptors (Lipinski definition) is 3. The zero-order valence-electron chi connectivity index (χ0n) is 10.7. The average molecular weight is 242 g/mol. The maximum absolute atomic E-state index is 9.49. The van der Waals surface area contributed by atoms with Crippen LogP contribution in [0, 0.1) is 6.92 Å². The number of aromatic nitrogens is 1. The van der Waals surface area contributed by atoms with Crippen molar-refractivity contribution in [1.29, 1.82) is 0 Å². The molecule has 1 aromatic carbocycles. The van der Waals surface area contributed by atoms with Crippen molar-refractivity contribution in [1.82, 2.24) is 10.3 Å². The molecular weight excluding hydrogens is 224 g/mol. The normalized spacial score (nSPS) is 12.3. The van der Waals surface area contributed by atoms with E-state index in [4.69, 9.17) is 0 Å². The second-order valence-corrected chi connectivity index (χ2v) is 4.42. The number of rotatable bonds is 4. The van der Waals surface area contributed by atoms with Crippen LogP contribution >= 0.6 is 0 Å². The number of hydrogen-bond donors (Lipinski definition) is 2. The smallest absolute Gasteiger partial charge is 0.115 e. The van der Waals surface area contributed by atoms with E-state index < -0.39 is 0 Å². The van der Waals surface area contributed by atoms with Gasteiger partial charge in [0.15, 0.2) is 0 Å². The Morgan fingerprint density at radius 1 is 1.28 bits per heavy atom. The Hall–Kier alpha value is -1.87. The quantitative estimate of drug-likeness (QED) is 0.866. The Morgan fingerprint density at radius 2 is 2.11 bits per heavy atom. The lowest BCUT2D eigenvalue weighted by atomic mass is 10.00. The number of likely N-dealkylation sites (N-methyl/N-ethyl adjacent to an activating group) is 1. The van der Waals surface area contributed by atoms with Gasteiger partial charge in [0.05, 0.1) is 11.7 Å². The molecule has 3 nitrogen and oxygen atoms in total. The lowest BCUT2D eigenvalue weighted by molar-refractivity contribution is 0.473. The summed E-state index contributed by atoms with van der Waals surface area (Å²) in [5, 5.41) is 12.8. The average Bonchev–Trinajstić information content (AvgIpc) is 2.37. The van der Waals surface area contributed by atoms with E-state index in [0.29, 0.717) is 5.75 Å². The Labute approximate surface area is 108 Å². The van der Waals surface area contributed by atoms with Gasteiger partial charge in [-0.15, -0.1) is 0 Å². The topological polar surface area (TPSA) is 45.1 Å². The highest BCUT2D eigenvalue weighted by Gasteiger charge is 2.13. The number of phenolic OH excluding ortho intramolecular Hbond substituents is 1. The van der Waals surface area contributed by atoms with Crippen LogP contribution in [0.1, 0.15) is 22.9 Å². The minimum Gasteiger partial charge on any atom is -0.508 e. The van der Waals surface area contributed by atoms with Crippen molar-refractivity contribution in [3.8, 4) is 5.75 Å². The molecule has 0 spiro atoms. The van der Waals surface area contributed by atoms with Crippen LogP contribution in [0.4, 0.5) is 0 Å². The predicted molar refractivity (Wildman–Crippen MR) is 72.6 cm³/mol. The van der Waals surface area contributed by atoms with E-state index in [1.807, 2.05) is 31.4 Å². The Morgan fingerprint density at radius 3 is 2.78 bits per heavy atom. The zero-order chi connectivity index (χ0) is 13.0. The number of nitrogens with zero attached hydrogens (tertiary/aromatic N) is 1. The summed E-state index contributed by atoms with van der Waals surface area (Å²) in [6, 6.07) is 11.5. The van der Waals surface area contributed by atoms with Crippen LogP contribution in [-0.2, 0) is 6.42 Å². The minimum atomic E-state index is 0.160. The highest BCUT2D eigenvalue weighted by Crippen LogP contribution is 2.21. The van der Waals surface area contributed by atoms with Crippen molar-refractivity contribution in [3.63, 3.8) is 0 Å². The molecule has 0 aliphatic carbocycles. The van der Waals surface area contributed by atoms with Gasteiger partial charge in [0.25, 0.3) is 0 Å². The van der Waals surface area contributed by atoms with Crippen LogP contribution in [0.3, 0.4) is 0 Å². The van der Waals surface area contributed by atoms with E-state index >= 15 is 0 Å². The second-order valence-electron chi connectivity index (χ2n) is 4.42. The third kappa shape index (κ3) is 2.87. The molecule has 0 aliphatic rings. The Balaban J connectivity index is 2.23. The molecule has 2 N–H and O–H groups in total. The lowest BCUT2D eigenvalue weighted by Crippen LogP contribution is -2.21. The number of phenols is 1. The van der Waals surface area contributed by atoms with Gasteiger partial charge in [-0.05, 0) is 49.7 Å². The molecule has 0 radical (unpaired) electrons. The van der Waals surface area contributed by atoms with Crippen molar-refractivity contribution in [2.24, 2.45) is 0 Å². The van der Waals surface area contributed by atoms with Crippen molar-refractivity contribution in [2.45, 2.75) is 19.4 Å². The summed E-state index contributed by atoms with van der Waals surface area (Å²) < 4.78 is 0. The molecule has 3 heteroatoms. The maximum atomic E-state index is 9.49. The summed E-state index contributed by atoms with van der Waals surface area (Å²) in [5.41, 5.74) is 3.33. The largest absolute Gasteiger partial charge is 0.508 e. The van der Waals surface area contributed by atoms with Gasteiger partial charge >= 0.3 is 0 Å². The second kappa shape index (κ2) is 5.65. The molecule has 1 unspecified atom stereocenters. The fourth-order valence-corrected chi connectivity index (χ4v) is 2.12. The Kier molecular flexibility index (Phi) is 3.95. The molecule has 1 aromatic heterocycles. The van der Waals surface area contributed by atoms with Crippen molar-refractivity contribution in [3.05, 3.63) is 59.4 Å². The van der Waals surface area contributed by atoms with Gasteiger partial charge in [-0.1, -0.05) is 18.2 Å². The molecule has 18 heavy (non-hydrogen) atoms. The molecule has 0 saturated carbocycles. The number of benzene rings is 1. The number of nitrogens with one attached hydrogen (secondary N) is 1. The fraction of sp³-hybridized carbons (Fsp3) is 0.267. The highest BCUT2D eigenvalue weighted by molar-refractivity contribution is 5.30. The van der Waals surface area contributed by atoms with Gasteiger partial charge in [0.2, 0.25) is 0 Å². The molecule has 0 amide bonds. The molecule has 2 aromatic rings. The molecule has 1 atom stereocenters. The molecule has 0 aliphatic heterocycles. The van der Waals surface area contributed by atoms with Gasteiger partial charge in [-0.3, -0.25) is 4.98 Å². The van der Waals surface area contributed by atoms with E-state index in [2.05, 4.69) is 23.3 Å². The molecule has 0 fully saturated rings. The molecule has 94 valence electrons. The molecular formula is C15H18N2O. The summed E-state index contributed by atoms with van der Waals surface area (Å²) in [6.07, 6.45) is 2.62. The van der Waals surface area contributed by atoms with Gasteiger partial charge in [0.1, 0.15) is 5.75 Å². The summed E-state index contributed by atoms with van der Waals surface area (Å²) >= 11 is 0. The van der Waals surface area contributed by atoms with E-state index in [-0.39, 0.29) is 6.04 Å². The summed E-state index contributed by atoms with van der Waals surface area (Å²) in [6.45, 7) is 2.06. The van der Waals surface area contributed by atoms with Gasteiger partial charge in [-0.2, -0.15) is 0 Å². The molecule has 0 saturated heterocycles. The van der Waals surface area contributed by atoms with Crippen LogP contribution < -0.4 is 5.32 Å². The molecule has 1 heterocycles. The number of pyridine rings is 1. The van der Waals surface area contributed by atoms with Gasteiger partial charge < -0.3 is 10.4 Å². The zero-order valence-corrected chi connectivity index (χ0v) is 10.7. The number of aryl methyl sites for hydroxylation is 1. The van der Waals surface area contributed by atoms with Crippen molar-refractivity contribution >= 4 is 0 Å². The van der Waals surface area contributed by atoms with Crippen LogP contribution in [0.15, 0.2) is 42.6 Å². The first-order chi connectivity index (χ1) is 8.70. The molecule has 0 bridgehead atoms. The first kappa shape index (κ1) is 12.6. The predicted octanol–water partition coefficient (Wildman–Crippen LogP) is 2.60. The van der Waals surface area contributed by atoms with Crippen molar-refractivity contribution < 1.29 is 5.11 Å². The molecule has 2 rings (SSSR count). The monoisotopic (exact) mass is 242 g/mol. The van der Waals surface area contributed by atoms with Crippen LogP contribution in [-0.4, -0.2) is 17.1 Å². The first-order valence-corrected chi connectivity index (χ1v) is 6.07.